The molecule has 0 saturated carbocycles. The fourth-order valence-electron chi connectivity index (χ4n) is 8.08. The molecule has 3 unspecified atom stereocenters. The number of esters is 3. The highest BCUT2D eigenvalue weighted by Gasteiger charge is 2.28. The van der Waals surface area contributed by atoms with Gasteiger partial charge in [-0.1, -0.05) is 261 Å². The standard InChI is InChI=1S/C60H107O11P/c1-4-7-10-13-16-19-22-24-26-27-28-29-31-32-35-37-40-43-46-49-58(62)67-53-57(71-60(64)51-48-45-42-39-36-33-30-25-23-20-17-14-11-8-5-2)55-69-72(65,66)68-54-56(52-61)70-59(63)50-47-44-41-38-34-21-18-15-12-9-6-3/h8,11,17,20,25,30,36,39,45,48,56-57,61H,4-7,9-10,12-16,18-19,21-24,26-29,31-35,37-38,40-44,46-47,49-55H2,1-3H3,(H,65,66)/b11-8-,20-17-,30-25-,39-36-,48-45-. The molecule has 0 amide bonds. The summed E-state index contributed by atoms with van der Waals surface area (Å²) in [6.45, 7) is 4.44. The van der Waals surface area contributed by atoms with Crippen molar-refractivity contribution in [3.05, 3.63) is 60.8 Å². The van der Waals surface area contributed by atoms with Crippen LogP contribution in [-0.2, 0) is 42.2 Å². The second kappa shape index (κ2) is 54.4. The van der Waals surface area contributed by atoms with Gasteiger partial charge in [-0.25, -0.2) is 4.57 Å². The smallest absolute Gasteiger partial charge is 0.462 e. The first-order valence-corrected chi connectivity index (χ1v) is 30.7. The zero-order valence-electron chi connectivity index (χ0n) is 46.1. The van der Waals surface area contributed by atoms with E-state index in [0.29, 0.717) is 19.3 Å². The highest BCUT2D eigenvalue weighted by Crippen LogP contribution is 2.43. The molecule has 0 bridgehead atoms. The van der Waals surface area contributed by atoms with Crippen molar-refractivity contribution in [2.75, 3.05) is 26.4 Å². The predicted molar refractivity (Wildman–Crippen MR) is 298 cm³/mol. The van der Waals surface area contributed by atoms with Crippen LogP contribution in [0.1, 0.15) is 265 Å². The summed E-state index contributed by atoms with van der Waals surface area (Å²) in [4.78, 5) is 48.4. The number of hydrogen-bond acceptors (Lipinski definition) is 10. The van der Waals surface area contributed by atoms with Crippen molar-refractivity contribution in [2.45, 2.75) is 277 Å². The first kappa shape index (κ1) is 69.2. The molecular formula is C60H107O11P. The van der Waals surface area contributed by atoms with Gasteiger partial charge in [0, 0.05) is 12.8 Å². The van der Waals surface area contributed by atoms with Crippen molar-refractivity contribution in [3.8, 4) is 0 Å². The maximum atomic E-state index is 12.9. The van der Waals surface area contributed by atoms with Gasteiger partial charge >= 0.3 is 25.7 Å². The SMILES string of the molecule is CC/C=C\C/C=C\C/C=C\C/C=C\C/C=C\CC(=O)OC(COC(=O)CCCCCCCCCCCCCCCCCCCCC)COP(=O)(O)OCC(CO)OC(=O)CCCCCCCCCCCCC. The van der Waals surface area contributed by atoms with Crippen molar-refractivity contribution in [2.24, 2.45) is 0 Å². The minimum absolute atomic E-state index is 0.0622. The lowest BCUT2D eigenvalue weighted by Gasteiger charge is -2.21. The third kappa shape index (κ3) is 52.1. The lowest BCUT2D eigenvalue weighted by atomic mass is 10.0. The molecule has 3 atom stereocenters. The van der Waals surface area contributed by atoms with E-state index in [4.69, 9.17) is 23.3 Å². The summed E-state index contributed by atoms with van der Waals surface area (Å²) in [7, 11) is -4.77. The molecule has 0 aliphatic carbocycles. The van der Waals surface area contributed by atoms with Gasteiger partial charge in [-0.15, -0.1) is 0 Å². The summed E-state index contributed by atoms with van der Waals surface area (Å²) in [6, 6.07) is 0. The fraction of sp³-hybridized carbons (Fsp3) is 0.783. The molecule has 12 heteroatoms. The Bertz CT molecular complexity index is 1440. The Balaban J connectivity index is 4.77. The van der Waals surface area contributed by atoms with Crippen LogP contribution in [0.15, 0.2) is 60.8 Å². The van der Waals surface area contributed by atoms with Crippen LogP contribution in [0.2, 0.25) is 0 Å². The second-order valence-corrected chi connectivity index (χ2v) is 20.9. The third-order valence-corrected chi connectivity index (χ3v) is 13.4. The molecule has 0 aliphatic heterocycles. The van der Waals surface area contributed by atoms with Crippen molar-refractivity contribution < 1.29 is 52.2 Å². The molecule has 0 aromatic rings. The number of allylic oxidation sites excluding steroid dienone is 9. The molecule has 0 heterocycles. The van der Waals surface area contributed by atoms with E-state index in [-0.39, 0.29) is 25.9 Å². The topological polar surface area (TPSA) is 155 Å². The number of phosphoric ester groups is 1. The number of rotatable bonds is 54. The Morgan fingerprint density at radius 1 is 0.403 bits per heavy atom. The number of aliphatic hydroxyl groups excluding tert-OH is 1. The van der Waals surface area contributed by atoms with Gasteiger partial charge in [0.05, 0.1) is 26.2 Å². The minimum atomic E-state index is -4.77. The summed E-state index contributed by atoms with van der Waals surface area (Å²) >= 11 is 0. The van der Waals surface area contributed by atoms with Gasteiger partial charge in [0.1, 0.15) is 12.7 Å². The van der Waals surface area contributed by atoms with Crippen LogP contribution in [-0.4, -0.2) is 66.5 Å². The average Bonchev–Trinajstić information content (AvgIpc) is 3.37. The molecule has 0 aromatic heterocycles. The molecule has 0 rings (SSSR count). The molecular weight excluding hydrogens is 928 g/mol. The van der Waals surface area contributed by atoms with Crippen LogP contribution in [0.25, 0.3) is 0 Å². The second-order valence-electron chi connectivity index (χ2n) is 19.5. The van der Waals surface area contributed by atoms with Gasteiger partial charge in [-0.05, 0) is 44.9 Å². The molecule has 0 radical (unpaired) electrons. The first-order chi connectivity index (χ1) is 35.2. The van der Waals surface area contributed by atoms with Gasteiger partial charge < -0.3 is 24.2 Å². The van der Waals surface area contributed by atoms with Gasteiger partial charge in [0.2, 0.25) is 0 Å². The van der Waals surface area contributed by atoms with E-state index >= 15 is 0 Å². The van der Waals surface area contributed by atoms with E-state index < -0.39 is 57.8 Å². The van der Waals surface area contributed by atoms with Crippen LogP contribution >= 0.6 is 7.82 Å². The number of carbonyl (C=O) groups is 3. The van der Waals surface area contributed by atoms with E-state index in [9.17, 15) is 28.9 Å². The van der Waals surface area contributed by atoms with E-state index in [2.05, 4.69) is 63.3 Å². The summed E-state index contributed by atoms with van der Waals surface area (Å²) in [5, 5.41) is 9.79. The number of ether oxygens (including phenoxy) is 3. The van der Waals surface area contributed by atoms with Crippen LogP contribution in [0.3, 0.4) is 0 Å². The quantitative estimate of drug-likeness (QED) is 0.0197. The van der Waals surface area contributed by atoms with Crippen LogP contribution in [0, 0.1) is 0 Å². The van der Waals surface area contributed by atoms with Crippen LogP contribution in [0.5, 0.6) is 0 Å². The molecule has 0 aliphatic rings. The Morgan fingerprint density at radius 3 is 1.10 bits per heavy atom. The van der Waals surface area contributed by atoms with Crippen LogP contribution < -0.4 is 0 Å². The highest BCUT2D eigenvalue weighted by atomic mass is 31.2. The van der Waals surface area contributed by atoms with E-state index in [0.717, 1.165) is 64.2 Å². The Hall–Kier alpha value is -2.82. The summed E-state index contributed by atoms with van der Waals surface area (Å²) < 4.78 is 39.4. The maximum absolute atomic E-state index is 12.9. The largest absolute Gasteiger partial charge is 0.472 e. The minimum Gasteiger partial charge on any atom is -0.462 e. The van der Waals surface area contributed by atoms with Gasteiger partial charge in [0.15, 0.2) is 6.10 Å². The molecule has 418 valence electrons. The number of carbonyl (C=O) groups excluding carboxylic acids is 3. The molecule has 0 spiro atoms. The zero-order valence-corrected chi connectivity index (χ0v) is 47.0. The van der Waals surface area contributed by atoms with Crippen molar-refractivity contribution in [1.82, 2.24) is 0 Å². The summed E-state index contributed by atoms with van der Waals surface area (Å²) in [5.41, 5.74) is 0. The summed E-state index contributed by atoms with van der Waals surface area (Å²) in [6.07, 6.45) is 59.4. The van der Waals surface area contributed by atoms with Gasteiger partial charge in [0.25, 0.3) is 0 Å². The average molecular weight is 1040 g/mol. The third-order valence-electron chi connectivity index (χ3n) is 12.5. The lowest BCUT2D eigenvalue weighted by molar-refractivity contribution is -0.160. The molecule has 2 N–H and O–H groups in total. The van der Waals surface area contributed by atoms with Gasteiger partial charge in [-0.2, -0.15) is 0 Å². The summed E-state index contributed by atoms with van der Waals surface area (Å²) in [5.74, 6) is -1.60. The fourth-order valence-corrected chi connectivity index (χ4v) is 8.86. The first-order valence-electron chi connectivity index (χ1n) is 29.2. The van der Waals surface area contributed by atoms with Gasteiger partial charge in [-0.3, -0.25) is 23.4 Å². The molecule has 72 heavy (non-hydrogen) atoms. The number of hydrogen-bond donors (Lipinski definition) is 2. The van der Waals surface area contributed by atoms with Crippen molar-refractivity contribution >= 4 is 25.7 Å². The molecule has 0 fully saturated rings. The number of unbranched alkanes of at least 4 members (excludes halogenated alkanes) is 28. The zero-order chi connectivity index (χ0) is 52.7. The predicted octanol–water partition coefficient (Wildman–Crippen LogP) is 17.1. The number of phosphoric acid groups is 1. The Morgan fingerprint density at radius 2 is 0.722 bits per heavy atom. The monoisotopic (exact) mass is 1030 g/mol. The van der Waals surface area contributed by atoms with E-state index in [1.54, 1.807) is 6.08 Å². The molecule has 0 aromatic carbocycles. The van der Waals surface area contributed by atoms with Crippen molar-refractivity contribution in [1.29, 1.82) is 0 Å². The Labute approximate surface area is 440 Å². The Kier molecular flexibility index (Phi) is 52.3. The van der Waals surface area contributed by atoms with Crippen molar-refractivity contribution in [3.63, 3.8) is 0 Å². The molecule has 0 saturated heterocycles. The normalized spacial score (nSPS) is 13.8. The maximum Gasteiger partial charge on any atom is 0.472 e. The van der Waals surface area contributed by atoms with E-state index in [1.807, 2.05) is 12.2 Å². The molecule has 11 nitrogen and oxygen atoms in total. The highest BCUT2D eigenvalue weighted by molar-refractivity contribution is 7.47. The van der Waals surface area contributed by atoms with E-state index in [1.165, 1.54) is 141 Å². The lowest BCUT2D eigenvalue weighted by Crippen LogP contribution is -2.30. The van der Waals surface area contributed by atoms with Crippen LogP contribution in [0.4, 0.5) is 0 Å². The number of aliphatic hydroxyl groups is 1.